The summed E-state index contributed by atoms with van der Waals surface area (Å²) < 4.78 is 4.92. The molecule has 4 aliphatic rings. The number of aliphatic hydroxyl groups is 1. The van der Waals surface area contributed by atoms with Crippen molar-refractivity contribution in [1.82, 2.24) is 4.90 Å². The Morgan fingerprint density at radius 3 is 3.05 bits per heavy atom. The number of hydrogen-bond acceptors (Lipinski definition) is 4. The first-order valence-electron chi connectivity index (χ1n) is 8.12. The fraction of sp³-hybridized carbons (Fsp3) is 0.706. The molecule has 4 rings (SSSR count). The number of nitrogens with zero attached hydrogens (tertiary/aromatic N) is 1. The quantitative estimate of drug-likeness (QED) is 0.749. The van der Waals surface area contributed by atoms with Crippen molar-refractivity contribution in [2.24, 2.45) is 17.3 Å². The van der Waals surface area contributed by atoms with E-state index < -0.39 is 0 Å². The van der Waals surface area contributed by atoms with Crippen LogP contribution >= 0.6 is 0 Å². The highest BCUT2D eigenvalue weighted by Gasteiger charge is 2.59. The molecule has 0 aromatic carbocycles. The van der Waals surface area contributed by atoms with Crippen LogP contribution in [0.1, 0.15) is 32.1 Å². The van der Waals surface area contributed by atoms with E-state index in [1.807, 2.05) is 0 Å². The van der Waals surface area contributed by atoms with Crippen molar-refractivity contribution in [2.45, 2.75) is 38.2 Å². The first kappa shape index (κ1) is 13.4. The summed E-state index contributed by atoms with van der Waals surface area (Å²) in [5.41, 5.74) is 2.06. The Hall–Kier alpha value is -1.29. The number of carbonyl (C=O) groups is 1. The maximum atomic E-state index is 12.0. The van der Waals surface area contributed by atoms with Crippen molar-refractivity contribution < 1.29 is 14.6 Å². The molecule has 1 saturated carbocycles. The molecule has 0 aromatic rings. The van der Waals surface area contributed by atoms with E-state index in [1.54, 1.807) is 0 Å². The zero-order valence-corrected chi connectivity index (χ0v) is 12.5. The summed E-state index contributed by atoms with van der Waals surface area (Å²) in [5, 5.41) is 10.6. The van der Waals surface area contributed by atoms with Crippen LogP contribution in [-0.4, -0.2) is 42.3 Å². The third-order valence-electron chi connectivity index (χ3n) is 6.16. The van der Waals surface area contributed by atoms with Crippen molar-refractivity contribution in [3.05, 3.63) is 23.4 Å². The zero-order valence-electron chi connectivity index (χ0n) is 12.5. The highest BCUT2D eigenvalue weighted by Crippen LogP contribution is 2.62. The van der Waals surface area contributed by atoms with Gasteiger partial charge in [0.25, 0.3) is 0 Å². The Balaban J connectivity index is 1.86. The molecule has 0 unspecified atom stereocenters. The number of esters is 1. The van der Waals surface area contributed by atoms with E-state index in [4.69, 9.17) is 4.74 Å². The first-order chi connectivity index (χ1) is 10.2. The Morgan fingerprint density at radius 2 is 2.24 bits per heavy atom. The second kappa shape index (κ2) is 4.60. The van der Waals surface area contributed by atoms with Gasteiger partial charge in [-0.15, -0.1) is 0 Å². The molecule has 1 spiro atoms. The lowest BCUT2D eigenvalue weighted by Gasteiger charge is -2.50. The average Bonchev–Trinajstić information content (AvgIpc) is 2.71. The number of ether oxygens (including phenoxy) is 1. The summed E-state index contributed by atoms with van der Waals surface area (Å²) in [6.45, 7) is 2.13. The SMILES string of the molecule is COC(=O)C1=C[C@H]2C[C@H](O)[C@H]3CCCN4CCC[C@]32C4=C1. The van der Waals surface area contributed by atoms with Gasteiger partial charge < -0.3 is 14.7 Å². The smallest absolute Gasteiger partial charge is 0.337 e. The van der Waals surface area contributed by atoms with Crippen LogP contribution in [0, 0.1) is 17.3 Å². The van der Waals surface area contributed by atoms with Crippen LogP contribution in [-0.2, 0) is 9.53 Å². The van der Waals surface area contributed by atoms with Crippen LogP contribution in [0.5, 0.6) is 0 Å². The van der Waals surface area contributed by atoms with Gasteiger partial charge in [0.05, 0.1) is 18.8 Å². The lowest BCUT2D eigenvalue weighted by Crippen LogP contribution is -2.46. The molecular formula is C17H23NO3. The number of allylic oxidation sites excluding steroid dienone is 2. The molecule has 2 aliphatic heterocycles. The Morgan fingerprint density at radius 1 is 1.43 bits per heavy atom. The number of rotatable bonds is 1. The van der Waals surface area contributed by atoms with Gasteiger partial charge in [-0.25, -0.2) is 4.79 Å². The van der Waals surface area contributed by atoms with E-state index in [-0.39, 0.29) is 23.4 Å². The monoisotopic (exact) mass is 289 g/mol. The van der Waals surface area contributed by atoms with Crippen LogP contribution in [0.3, 0.4) is 0 Å². The molecular weight excluding hydrogens is 266 g/mol. The lowest BCUT2D eigenvalue weighted by molar-refractivity contribution is -0.135. The maximum absolute atomic E-state index is 12.0. The van der Waals surface area contributed by atoms with Crippen LogP contribution in [0.25, 0.3) is 0 Å². The molecule has 114 valence electrons. The van der Waals surface area contributed by atoms with Crippen molar-refractivity contribution in [3.63, 3.8) is 0 Å². The topological polar surface area (TPSA) is 49.8 Å². The van der Waals surface area contributed by atoms with Gasteiger partial charge in [0.2, 0.25) is 0 Å². The summed E-state index contributed by atoms with van der Waals surface area (Å²) >= 11 is 0. The molecule has 21 heavy (non-hydrogen) atoms. The van der Waals surface area contributed by atoms with Crippen LogP contribution < -0.4 is 0 Å². The van der Waals surface area contributed by atoms with E-state index in [0.29, 0.717) is 11.5 Å². The molecule has 2 heterocycles. The molecule has 0 radical (unpaired) electrons. The van der Waals surface area contributed by atoms with Gasteiger partial charge in [-0.1, -0.05) is 6.08 Å². The third-order valence-corrected chi connectivity index (χ3v) is 6.16. The molecule has 0 aromatic heterocycles. The summed E-state index contributed by atoms with van der Waals surface area (Å²) in [5.74, 6) is 0.390. The molecule has 0 amide bonds. The molecule has 3 fully saturated rings. The van der Waals surface area contributed by atoms with Gasteiger partial charge >= 0.3 is 5.97 Å². The molecule has 4 nitrogen and oxygen atoms in total. The molecule has 4 atom stereocenters. The van der Waals surface area contributed by atoms with Crippen LogP contribution in [0.4, 0.5) is 0 Å². The van der Waals surface area contributed by atoms with E-state index in [2.05, 4.69) is 17.1 Å². The minimum atomic E-state index is -0.251. The van der Waals surface area contributed by atoms with Crippen molar-refractivity contribution in [1.29, 1.82) is 0 Å². The van der Waals surface area contributed by atoms with Crippen molar-refractivity contribution in [3.8, 4) is 0 Å². The maximum Gasteiger partial charge on any atom is 0.337 e. The van der Waals surface area contributed by atoms with Crippen LogP contribution in [0.2, 0.25) is 0 Å². The molecule has 2 aliphatic carbocycles. The fourth-order valence-electron chi connectivity index (χ4n) is 5.39. The molecule has 4 heteroatoms. The number of methoxy groups -OCH3 is 1. The standard InChI is InChI=1S/C17H23NO3/c1-21-16(20)11-8-12-10-14(19)13-4-2-6-18-7-3-5-17(12,13)15(18)9-11/h8-9,12-14,19H,2-7,10H2,1H3/t12-,13+,14-,17+/m0/s1. The largest absolute Gasteiger partial charge is 0.465 e. The van der Waals surface area contributed by atoms with Crippen molar-refractivity contribution in [2.75, 3.05) is 20.2 Å². The van der Waals surface area contributed by atoms with Gasteiger partial charge in [0, 0.05) is 24.2 Å². The fourth-order valence-corrected chi connectivity index (χ4v) is 5.39. The number of carbonyl (C=O) groups excluding carboxylic acids is 1. The molecule has 1 N–H and O–H groups in total. The van der Waals surface area contributed by atoms with E-state index in [1.165, 1.54) is 19.2 Å². The zero-order chi connectivity index (χ0) is 14.6. The second-order valence-electron chi connectivity index (χ2n) is 6.93. The summed E-state index contributed by atoms with van der Waals surface area (Å²) in [4.78, 5) is 14.4. The minimum Gasteiger partial charge on any atom is -0.465 e. The number of piperidine rings is 1. The number of hydrogen-bond donors (Lipinski definition) is 1. The van der Waals surface area contributed by atoms with Crippen molar-refractivity contribution >= 4 is 5.97 Å². The predicted octanol–water partition coefficient (Wildman–Crippen LogP) is 1.86. The van der Waals surface area contributed by atoms with E-state index in [0.717, 1.165) is 38.8 Å². The highest BCUT2D eigenvalue weighted by atomic mass is 16.5. The van der Waals surface area contributed by atoms with Gasteiger partial charge in [0.15, 0.2) is 0 Å². The Labute approximate surface area is 125 Å². The Bertz CT molecular complexity index is 538. The van der Waals surface area contributed by atoms with E-state index in [9.17, 15) is 9.90 Å². The highest BCUT2D eigenvalue weighted by molar-refractivity contribution is 5.92. The number of aliphatic hydroxyl groups excluding tert-OH is 1. The van der Waals surface area contributed by atoms with Gasteiger partial charge in [-0.2, -0.15) is 0 Å². The molecule has 2 saturated heterocycles. The first-order valence-corrected chi connectivity index (χ1v) is 8.12. The summed E-state index contributed by atoms with van der Waals surface area (Å²) in [6.07, 6.45) is 9.27. The van der Waals surface area contributed by atoms with E-state index >= 15 is 0 Å². The van der Waals surface area contributed by atoms with Gasteiger partial charge in [-0.05, 0) is 50.0 Å². The summed E-state index contributed by atoms with van der Waals surface area (Å²) in [6, 6.07) is 0. The Kier molecular flexibility index (Phi) is 2.93. The second-order valence-corrected chi connectivity index (χ2v) is 6.93. The predicted molar refractivity (Wildman–Crippen MR) is 78.3 cm³/mol. The van der Waals surface area contributed by atoms with Crippen LogP contribution in [0.15, 0.2) is 23.4 Å². The normalized spacial score (nSPS) is 40.9. The lowest BCUT2D eigenvalue weighted by atomic mass is 9.62. The average molecular weight is 289 g/mol. The van der Waals surface area contributed by atoms with Gasteiger partial charge in [0.1, 0.15) is 0 Å². The minimum absolute atomic E-state index is 0.0751. The molecule has 2 bridgehead atoms. The van der Waals surface area contributed by atoms with Gasteiger partial charge in [-0.3, -0.25) is 0 Å². The summed E-state index contributed by atoms with van der Waals surface area (Å²) in [7, 11) is 1.44. The third kappa shape index (κ3) is 1.68.